The van der Waals surface area contributed by atoms with Crippen molar-refractivity contribution in [2.75, 3.05) is 72.1 Å². The lowest BCUT2D eigenvalue weighted by Gasteiger charge is -2.30. The van der Waals surface area contributed by atoms with Gasteiger partial charge in [0.2, 0.25) is 15.9 Å². The molecule has 216 valence electrons. The van der Waals surface area contributed by atoms with Gasteiger partial charge in [-0.3, -0.25) is 9.69 Å². The Balaban J connectivity index is 0.000000638. The van der Waals surface area contributed by atoms with E-state index in [1.165, 1.54) is 4.31 Å². The third-order valence-corrected chi connectivity index (χ3v) is 8.16. The molecular formula is C24H37F3N4O6S. The van der Waals surface area contributed by atoms with Crippen LogP contribution in [-0.2, 0) is 30.8 Å². The summed E-state index contributed by atoms with van der Waals surface area (Å²) in [6, 6.07) is 7.10. The molecule has 0 bridgehead atoms. The Labute approximate surface area is 221 Å². The summed E-state index contributed by atoms with van der Waals surface area (Å²) < 4.78 is 65.3. The number of ether oxygens (including phenoxy) is 1. The number of nitrogens with one attached hydrogen (secondary N) is 1. The number of carboxylic acids is 1. The molecule has 2 saturated heterocycles. The molecule has 0 spiro atoms. The number of morpholine rings is 1. The van der Waals surface area contributed by atoms with Crippen LogP contribution < -0.4 is 5.32 Å². The van der Waals surface area contributed by atoms with Crippen LogP contribution in [0.5, 0.6) is 0 Å². The number of carboxylic acid groups (broad SMARTS) is 1. The molecule has 0 unspecified atom stereocenters. The molecule has 10 nitrogen and oxygen atoms in total. The molecule has 38 heavy (non-hydrogen) atoms. The number of sulfonamides is 1. The number of alkyl halides is 3. The van der Waals surface area contributed by atoms with E-state index in [0.717, 1.165) is 64.3 Å². The quantitative estimate of drug-likeness (QED) is 0.437. The molecule has 0 radical (unpaired) electrons. The van der Waals surface area contributed by atoms with Gasteiger partial charge in [-0.05, 0) is 37.1 Å². The van der Waals surface area contributed by atoms with E-state index in [9.17, 15) is 26.4 Å². The Morgan fingerprint density at radius 2 is 1.63 bits per heavy atom. The van der Waals surface area contributed by atoms with E-state index in [1.54, 1.807) is 12.1 Å². The van der Waals surface area contributed by atoms with E-state index in [4.69, 9.17) is 14.6 Å². The smallest absolute Gasteiger partial charge is 0.475 e. The number of carbonyl (C=O) groups is 2. The molecule has 2 aliphatic heterocycles. The molecular weight excluding hydrogens is 529 g/mol. The predicted molar refractivity (Wildman–Crippen MR) is 134 cm³/mol. The van der Waals surface area contributed by atoms with Gasteiger partial charge in [0.1, 0.15) is 0 Å². The Morgan fingerprint density at radius 1 is 1.05 bits per heavy atom. The van der Waals surface area contributed by atoms with Crippen LogP contribution in [0.2, 0.25) is 0 Å². The number of aliphatic carboxylic acids is 1. The predicted octanol–water partition coefficient (Wildman–Crippen LogP) is 1.42. The number of hydrogen-bond donors (Lipinski definition) is 2. The van der Waals surface area contributed by atoms with Crippen molar-refractivity contribution in [3.05, 3.63) is 29.8 Å². The summed E-state index contributed by atoms with van der Waals surface area (Å²) in [4.78, 5) is 25.9. The van der Waals surface area contributed by atoms with Gasteiger partial charge in [0, 0.05) is 58.8 Å². The van der Waals surface area contributed by atoms with Gasteiger partial charge in [-0.2, -0.15) is 17.5 Å². The molecule has 0 aromatic heterocycles. The molecule has 1 aromatic rings. The highest BCUT2D eigenvalue weighted by Gasteiger charge is 2.38. The zero-order valence-electron chi connectivity index (χ0n) is 21.6. The molecule has 0 saturated carbocycles. The second-order valence-corrected chi connectivity index (χ2v) is 10.8. The fourth-order valence-electron chi connectivity index (χ4n) is 3.99. The fourth-order valence-corrected chi connectivity index (χ4v) is 5.47. The molecule has 14 heteroatoms. The zero-order chi connectivity index (χ0) is 28.2. The minimum atomic E-state index is -5.08. The van der Waals surface area contributed by atoms with Gasteiger partial charge < -0.3 is 20.1 Å². The van der Waals surface area contributed by atoms with E-state index < -0.39 is 22.2 Å². The Hall–Kier alpha value is -2.26. The third-order valence-electron chi connectivity index (χ3n) is 6.24. The number of rotatable bonds is 10. The summed E-state index contributed by atoms with van der Waals surface area (Å²) in [6.07, 6.45) is -3.28. The highest BCUT2D eigenvalue weighted by Crippen LogP contribution is 2.18. The number of amides is 1. The SMILES string of the molecule is CCc1ccc(S(=O)(=O)N(CCCN2CCOCC2)CCC(=O)N2CCNCC2)cc1.O=C(O)C(F)(F)F. The first-order chi connectivity index (χ1) is 17.9. The number of hydrogen-bond acceptors (Lipinski definition) is 7. The summed E-state index contributed by atoms with van der Waals surface area (Å²) in [7, 11) is -3.65. The molecule has 2 heterocycles. The van der Waals surface area contributed by atoms with Gasteiger partial charge in [-0.1, -0.05) is 19.1 Å². The highest BCUT2D eigenvalue weighted by molar-refractivity contribution is 7.89. The van der Waals surface area contributed by atoms with Crippen LogP contribution in [0, 0.1) is 0 Å². The van der Waals surface area contributed by atoms with Crippen LogP contribution in [0.25, 0.3) is 0 Å². The molecule has 2 N–H and O–H groups in total. The summed E-state index contributed by atoms with van der Waals surface area (Å²) in [5, 5.41) is 10.4. The van der Waals surface area contributed by atoms with E-state index >= 15 is 0 Å². The van der Waals surface area contributed by atoms with Gasteiger partial charge >= 0.3 is 12.1 Å². The van der Waals surface area contributed by atoms with Crippen molar-refractivity contribution in [1.82, 2.24) is 19.4 Å². The Bertz CT molecular complexity index is 980. The van der Waals surface area contributed by atoms with Gasteiger partial charge in [0.05, 0.1) is 18.1 Å². The first-order valence-corrected chi connectivity index (χ1v) is 14.1. The third kappa shape index (κ3) is 10.5. The minimum Gasteiger partial charge on any atom is -0.475 e. The first kappa shape index (κ1) is 32.0. The lowest BCUT2D eigenvalue weighted by molar-refractivity contribution is -0.192. The van der Waals surface area contributed by atoms with Gasteiger partial charge in [-0.15, -0.1) is 0 Å². The molecule has 1 aromatic carbocycles. The van der Waals surface area contributed by atoms with Crippen LogP contribution in [0.15, 0.2) is 29.2 Å². The van der Waals surface area contributed by atoms with Crippen LogP contribution >= 0.6 is 0 Å². The average molecular weight is 567 g/mol. The summed E-state index contributed by atoms with van der Waals surface area (Å²) in [5.74, 6) is -2.73. The van der Waals surface area contributed by atoms with E-state index in [0.29, 0.717) is 24.5 Å². The van der Waals surface area contributed by atoms with Crippen molar-refractivity contribution < 1.29 is 41.0 Å². The molecule has 0 aliphatic carbocycles. The topological polar surface area (TPSA) is 119 Å². The van der Waals surface area contributed by atoms with Gasteiger partial charge in [0.25, 0.3) is 0 Å². The van der Waals surface area contributed by atoms with Crippen LogP contribution in [0.4, 0.5) is 13.2 Å². The van der Waals surface area contributed by atoms with E-state index in [1.807, 2.05) is 24.0 Å². The summed E-state index contributed by atoms with van der Waals surface area (Å²) >= 11 is 0. The maximum atomic E-state index is 13.4. The molecule has 2 aliphatic rings. The molecule has 2 fully saturated rings. The lowest BCUT2D eigenvalue weighted by atomic mass is 10.2. The Kier molecular flexibility index (Phi) is 12.9. The van der Waals surface area contributed by atoms with Crippen molar-refractivity contribution >= 4 is 21.9 Å². The monoisotopic (exact) mass is 566 g/mol. The standard InChI is InChI=1S/C22H36N4O4S.C2HF3O2/c1-2-20-4-6-21(7-5-20)31(28,29)26(12-3-11-24-16-18-30-19-17-24)13-8-22(27)25-14-9-23-10-15-25;3-2(4,5)1(6)7/h4-7,23H,2-3,8-19H2,1H3;(H,6,7). The summed E-state index contributed by atoms with van der Waals surface area (Å²) in [5.41, 5.74) is 1.10. The van der Waals surface area contributed by atoms with Crippen LogP contribution in [0.1, 0.15) is 25.3 Å². The van der Waals surface area contributed by atoms with Crippen molar-refractivity contribution in [2.45, 2.75) is 37.3 Å². The maximum absolute atomic E-state index is 13.4. The number of aryl methyl sites for hydroxylation is 1. The number of nitrogens with zero attached hydrogens (tertiary/aromatic N) is 3. The number of piperazine rings is 1. The van der Waals surface area contributed by atoms with Crippen molar-refractivity contribution in [3.8, 4) is 0 Å². The molecule has 0 atom stereocenters. The van der Waals surface area contributed by atoms with Gasteiger partial charge in [0.15, 0.2) is 0 Å². The van der Waals surface area contributed by atoms with Crippen molar-refractivity contribution in [1.29, 1.82) is 0 Å². The normalized spacial score (nSPS) is 17.1. The lowest BCUT2D eigenvalue weighted by Crippen LogP contribution is -2.47. The maximum Gasteiger partial charge on any atom is 0.490 e. The van der Waals surface area contributed by atoms with E-state index in [2.05, 4.69) is 10.2 Å². The van der Waals surface area contributed by atoms with Crippen molar-refractivity contribution in [2.24, 2.45) is 0 Å². The number of carbonyl (C=O) groups excluding carboxylic acids is 1. The van der Waals surface area contributed by atoms with Crippen LogP contribution in [-0.4, -0.2) is 118 Å². The minimum absolute atomic E-state index is 0.0243. The number of benzene rings is 1. The largest absolute Gasteiger partial charge is 0.490 e. The first-order valence-electron chi connectivity index (χ1n) is 12.6. The average Bonchev–Trinajstić information content (AvgIpc) is 2.91. The molecule has 3 rings (SSSR count). The number of halogens is 3. The summed E-state index contributed by atoms with van der Waals surface area (Å²) in [6.45, 7) is 9.65. The van der Waals surface area contributed by atoms with Gasteiger partial charge in [-0.25, -0.2) is 13.2 Å². The highest BCUT2D eigenvalue weighted by atomic mass is 32.2. The zero-order valence-corrected chi connectivity index (χ0v) is 22.4. The molecule has 1 amide bonds. The van der Waals surface area contributed by atoms with Crippen molar-refractivity contribution in [3.63, 3.8) is 0 Å². The fraction of sp³-hybridized carbons (Fsp3) is 0.667. The second kappa shape index (κ2) is 15.4. The van der Waals surface area contributed by atoms with Crippen LogP contribution in [0.3, 0.4) is 0 Å². The Morgan fingerprint density at radius 3 is 2.16 bits per heavy atom. The van der Waals surface area contributed by atoms with E-state index in [-0.39, 0.29) is 18.9 Å². The second-order valence-electron chi connectivity index (χ2n) is 8.89.